The molecular formula is C24H35NO6SSi. The Labute approximate surface area is 201 Å². The van der Waals surface area contributed by atoms with E-state index in [4.69, 9.17) is 9.47 Å². The van der Waals surface area contributed by atoms with Gasteiger partial charge in [-0.15, -0.1) is 11.8 Å². The summed E-state index contributed by atoms with van der Waals surface area (Å²) in [5, 5.41) is -1.87. The molecule has 1 saturated heterocycles. The number of esters is 2. The Morgan fingerprint density at radius 2 is 1.70 bits per heavy atom. The van der Waals surface area contributed by atoms with Gasteiger partial charge in [0.15, 0.2) is 13.5 Å². The molecule has 0 aromatic heterocycles. The van der Waals surface area contributed by atoms with E-state index in [2.05, 4.69) is 33.9 Å². The molecule has 33 heavy (non-hydrogen) atoms. The number of rotatable bonds is 10. The average Bonchev–Trinajstić information content (AvgIpc) is 2.74. The van der Waals surface area contributed by atoms with E-state index in [9.17, 15) is 19.2 Å². The van der Waals surface area contributed by atoms with Gasteiger partial charge >= 0.3 is 11.9 Å². The van der Waals surface area contributed by atoms with Crippen molar-refractivity contribution in [3.05, 3.63) is 35.9 Å². The largest absolute Gasteiger partial charge is 0.465 e. The molecule has 0 saturated carbocycles. The first kappa shape index (κ1) is 27.1. The van der Waals surface area contributed by atoms with Gasteiger partial charge in [0.25, 0.3) is 5.78 Å². The number of thioether (sulfide) groups is 1. The van der Waals surface area contributed by atoms with E-state index in [0.29, 0.717) is 6.42 Å². The van der Waals surface area contributed by atoms with Crippen LogP contribution in [0.4, 0.5) is 0 Å². The fraction of sp³-hybridized carbons (Fsp3) is 0.583. The van der Waals surface area contributed by atoms with E-state index in [1.54, 1.807) is 31.2 Å². The van der Waals surface area contributed by atoms with Crippen molar-refractivity contribution in [3.63, 3.8) is 0 Å². The Balaban J connectivity index is 2.25. The van der Waals surface area contributed by atoms with Crippen LogP contribution in [0.25, 0.3) is 0 Å². The van der Waals surface area contributed by atoms with Crippen LogP contribution >= 0.6 is 11.8 Å². The van der Waals surface area contributed by atoms with Crippen LogP contribution in [-0.2, 0) is 35.3 Å². The van der Waals surface area contributed by atoms with Crippen LogP contribution in [-0.4, -0.2) is 53.7 Å². The number of ether oxygens (including phenoxy) is 2. The van der Waals surface area contributed by atoms with Gasteiger partial charge < -0.3 is 14.0 Å². The van der Waals surface area contributed by atoms with Gasteiger partial charge in [-0.25, -0.2) is 4.79 Å². The monoisotopic (exact) mass is 493 g/mol. The third-order valence-corrected chi connectivity index (χ3v) is 13.5. The first-order valence-electron chi connectivity index (χ1n) is 11.3. The van der Waals surface area contributed by atoms with Gasteiger partial charge in [0.1, 0.15) is 6.61 Å². The number of ketones is 1. The average molecular weight is 494 g/mol. The molecular weight excluding hydrogens is 458 g/mol. The van der Waals surface area contributed by atoms with Crippen LogP contribution < -0.4 is 0 Å². The Hall–Kier alpha value is -2.13. The molecule has 0 spiro atoms. The maximum absolute atomic E-state index is 13.0. The lowest BCUT2D eigenvalue weighted by atomic mass is 9.99. The van der Waals surface area contributed by atoms with Crippen molar-refractivity contribution in [2.45, 2.75) is 76.4 Å². The van der Waals surface area contributed by atoms with Gasteiger partial charge in [0.2, 0.25) is 5.91 Å². The molecule has 1 amide bonds. The van der Waals surface area contributed by atoms with Crippen molar-refractivity contribution in [3.8, 4) is 0 Å². The van der Waals surface area contributed by atoms with Crippen LogP contribution in [0.2, 0.25) is 18.1 Å². The smallest absolute Gasteiger partial charge is 0.376 e. The maximum atomic E-state index is 13.0. The molecule has 1 aliphatic heterocycles. The number of β-lactam (4-membered cyclic amide) rings is 1. The van der Waals surface area contributed by atoms with Crippen molar-refractivity contribution in [2.24, 2.45) is 5.92 Å². The number of hydrogen-bond acceptors (Lipinski definition) is 7. The van der Waals surface area contributed by atoms with Gasteiger partial charge in [-0.3, -0.25) is 14.4 Å². The molecule has 9 heteroatoms. The zero-order valence-corrected chi connectivity index (χ0v) is 22.4. The summed E-state index contributed by atoms with van der Waals surface area (Å²) in [6, 6.07) is 8.99. The molecule has 1 aromatic rings. The lowest BCUT2D eigenvalue weighted by Gasteiger charge is -2.58. The number of carbonyl (C=O) groups is 4. The predicted octanol–water partition coefficient (Wildman–Crippen LogP) is 4.16. The van der Waals surface area contributed by atoms with Gasteiger partial charge in [0.05, 0.1) is 17.9 Å². The summed E-state index contributed by atoms with van der Waals surface area (Å²) in [4.78, 5) is 51.2. The third-order valence-electron chi connectivity index (χ3n) is 6.46. The molecule has 0 radical (unpaired) electrons. The lowest BCUT2D eigenvalue weighted by molar-refractivity contribution is -0.158. The van der Waals surface area contributed by atoms with Crippen molar-refractivity contribution in [1.29, 1.82) is 0 Å². The highest BCUT2D eigenvalue weighted by Crippen LogP contribution is 2.49. The fourth-order valence-electron chi connectivity index (χ4n) is 3.49. The molecule has 3 atom stereocenters. The quantitative estimate of drug-likeness (QED) is 0.159. The summed E-state index contributed by atoms with van der Waals surface area (Å²) in [7, 11) is -2.26. The zero-order chi connectivity index (χ0) is 25.0. The highest BCUT2D eigenvalue weighted by Gasteiger charge is 2.58. The number of amides is 1. The standard InChI is InChI=1S/C24H35NO6SSi/c1-8-17-20(27)25(33(6,7)24(3,4)5)21(17)32-19(23(29)30-9-2)18(26)22(28)31-15-16-13-11-10-12-14-16/h10-14,17,19,21H,8-9,15H2,1-7H3/t17-,19?,21+/m0/s1. The highest BCUT2D eigenvalue weighted by molar-refractivity contribution is 8.02. The minimum Gasteiger partial charge on any atom is -0.465 e. The molecule has 1 heterocycles. The normalized spacial score (nSPS) is 19.5. The van der Waals surface area contributed by atoms with E-state index in [1.807, 2.05) is 17.6 Å². The molecule has 1 unspecified atom stereocenters. The van der Waals surface area contributed by atoms with Crippen molar-refractivity contribution in [2.75, 3.05) is 6.61 Å². The van der Waals surface area contributed by atoms with Crippen LogP contribution in [0.15, 0.2) is 30.3 Å². The van der Waals surface area contributed by atoms with E-state index in [-0.39, 0.29) is 35.5 Å². The summed E-state index contributed by atoms with van der Waals surface area (Å²) < 4.78 is 12.2. The Kier molecular flexibility index (Phi) is 8.92. The van der Waals surface area contributed by atoms with E-state index in [1.165, 1.54) is 0 Å². The Morgan fingerprint density at radius 3 is 2.21 bits per heavy atom. The first-order chi connectivity index (χ1) is 15.4. The predicted molar refractivity (Wildman–Crippen MR) is 131 cm³/mol. The van der Waals surface area contributed by atoms with E-state index < -0.39 is 31.2 Å². The summed E-state index contributed by atoms with van der Waals surface area (Å²) in [5.74, 6) is -3.09. The Bertz CT molecular complexity index is 883. The number of benzene rings is 1. The summed E-state index contributed by atoms with van der Waals surface area (Å²) in [6.45, 7) is 14.1. The van der Waals surface area contributed by atoms with Crippen LogP contribution in [0.5, 0.6) is 0 Å². The molecule has 1 fully saturated rings. The van der Waals surface area contributed by atoms with Gasteiger partial charge in [-0.1, -0.05) is 71.1 Å². The molecule has 2 rings (SSSR count). The molecule has 7 nitrogen and oxygen atoms in total. The second kappa shape index (κ2) is 10.9. The number of nitrogens with zero attached hydrogens (tertiary/aromatic N) is 1. The Morgan fingerprint density at radius 1 is 1.09 bits per heavy atom. The maximum Gasteiger partial charge on any atom is 0.376 e. The minimum atomic E-state index is -2.26. The molecule has 1 aromatic carbocycles. The van der Waals surface area contributed by atoms with E-state index in [0.717, 1.165) is 17.3 Å². The number of hydrogen-bond donors (Lipinski definition) is 0. The van der Waals surface area contributed by atoms with Crippen LogP contribution in [0, 0.1) is 5.92 Å². The topological polar surface area (TPSA) is 90.0 Å². The number of Topliss-reactive ketones (excluding diaryl/α,β-unsaturated/α-hetero) is 1. The summed E-state index contributed by atoms with van der Waals surface area (Å²) in [5.41, 5.74) is 0.735. The van der Waals surface area contributed by atoms with Gasteiger partial charge in [-0.2, -0.15) is 0 Å². The van der Waals surface area contributed by atoms with Crippen molar-refractivity contribution >= 4 is 43.6 Å². The second-order valence-electron chi connectivity index (χ2n) is 9.62. The van der Waals surface area contributed by atoms with Crippen molar-refractivity contribution < 1.29 is 28.7 Å². The van der Waals surface area contributed by atoms with E-state index >= 15 is 0 Å². The lowest BCUT2D eigenvalue weighted by Crippen LogP contribution is -2.72. The van der Waals surface area contributed by atoms with Crippen LogP contribution in [0.3, 0.4) is 0 Å². The minimum absolute atomic E-state index is 0.0447. The number of carbonyl (C=O) groups excluding carboxylic acids is 4. The molecule has 182 valence electrons. The third kappa shape index (κ3) is 5.87. The second-order valence-corrected chi connectivity index (χ2v) is 15.9. The SMILES string of the molecule is CCOC(=O)C(S[C@@H]1[C@@H](CC)C(=O)N1[Si](C)(C)C(C)(C)C)C(=O)C(=O)OCc1ccccc1. The first-order valence-corrected chi connectivity index (χ1v) is 15.2. The highest BCUT2D eigenvalue weighted by atomic mass is 32.2. The molecule has 1 aliphatic rings. The molecule has 0 aliphatic carbocycles. The summed E-state index contributed by atoms with van der Waals surface area (Å²) >= 11 is 1.04. The van der Waals surface area contributed by atoms with Gasteiger partial charge in [-0.05, 0) is 23.9 Å². The summed E-state index contributed by atoms with van der Waals surface area (Å²) in [6.07, 6.45) is 0.587. The fourth-order valence-corrected chi connectivity index (χ4v) is 8.12. The van der Waals surface area contributed by atoms with Gasteiger partial charge in [0, 0.05) is 0 Å². The molecule has 0 N–H and O–H groups in total. The van der Waals surface area contributed by atoms with Crippen molar-refractivity contribution in [1.82, 2.24) is 4.57 Å². The molecule has 0 bridgehead atoms. The van der Waals surface area contributed by atoms with Crippen LogP contribution in [0.1, 0.15) is 46.6 Å². The zero-order valence-electron chi connectivity index (χ0n) is 20.5.